The number of hydrogen-bond acceptors (Lipinski definition) is 4. The molecule has 1 aromatic heterocycles. The van der Waals surface area contributed by atoms with Gasteiger partial charge in [-0.25, -0.2) is 13.8 Å². The van der Waals surface area contributed by atoms with E-state index in [1.165, 1.54) is 12.3 Å². The van der Waals surface area contributed by atoms with Gasteiger partial charge in [0, 0.05) is 23.6 Å². The molecule has 0 saturated heterocycles. The van der Waals surface area contributed by atoms with E-state index < -0.39 is 11.6 Å². The van der Waals surface area contributed by atoms with Gasteiger partial charge in [0.25, 0.3) is 5.91 Å². The number of hydrogen-bond donors (Lipinski definition) is 2. The van der Waals surface area contributed by atoms with E-state index >= 15 is 0 Å². The third kappa shape index (κ3) is 4.13. The first-order chi connectivity index (χ1) is 12.5. The normalized spacial score (nSPS) is 10.3. The molecule has 132 valence electrons. The Morgan fingerprint density at radius 2 is 1.69 bits per heavy atom. The molecule has 7 heteroatoms. The molecule has 3 rings (SSSR count). The number of pyridine rings is 1. The van der Waals surface area contributed by atoms with Gasteiger partial charge in [0.2, 0.25) is 0 Å². The van der Waals surface area contributed by atoms with E-state index in [1.54, 1.807) is 43.5 Å². The SMILES string of the molecule is COc1ccc(NC(=O)c2ccc(Nc3ccc(F)c(F)c3)nc2)cc1. The van der Waals surface area contributed by atoms with Gasteiger partial charge in [-0.05, 0) is 48.5 Å². The predicted molar refractivity (Wildman–Crippen MR) is 94.8 cm³/mol. The number of carbonyl (C=O) groups excluding carboxylic acids is 1. The topological polar surface area (TPSA) is 63.2 Å². The van der Waals surface area contributed by atoms with E-state index in [2.05, 4.69) is 15.6 Å². The van der Waals surface area contributed by atoms with Gasteiger partial charge in [-0.2, -0.15) is 0 Å². The van der Waals surface area contributed by atoms with Crippen LogP contribution in [-0.2, 0) is 0 Å². The number of rotatable bonds is 5. The maximum Gasteiger partial charge on any atom is 0.257 e. The summed E-state index contributed by atoms with van der Waals surface area (Å²) in [6, 6.07) is 13.5. The summed E-state index contributed by atoms with van der Waals surface area (Å²) in [5.41, 5.74) is 1.34. The van der Waals surface area contributed by atoms with Crippen molar-refractivity contribution in [3.63, 3.8) is 0 Å². The smallest absolute Gasteiger partial charge is 0.257 e. The van der Waals surface area contributed by atoms with E-state index in [-0.39, 0.29) is 5.91 Å². The monoisotopic (exact) mass is 355 g/mol. The number of halogens is 2. The van der Waals surface area contributed by atoms with E-state index in [0.717, 1.165) is 12.1 Å². The van der Waals surface area contributed by atoms with Crippen LogP contribution in [-0.4, -0.2) is 18.0 Å². The van der Waals surface area contributed by atoms with Crippen molar-refractivity contribution in [3.8, 4) is 5.75 Å². The second-order valence-electron chi connectivity index (χ2n) is 5.37. The molecule has 26 heavy (non-hydrogen) atoms. The van der Waals surface area contributed by atoms with Crippen LogP contribution in [0.15, 0.2) is 60.8 Å². The number of benzene rings is 2. The third-order valence-electron chi connectivity index (χ3n) is 3.57. The van der Waals surface area contributed by atoms with Gasteiger partial charge in [-0.3, -0.25) is 4.79 Å². The van der Waals surface area contributed by atoms with Crippen molar-refractivity contribution in [1.82, 2.24) is 4.98 Å². The molecule has 3 aromatic rings. The molecule has 0 atom stereocenters. The highest BCUT2D eigenvalue weighted by molar-refractivity contribution is 6.04. The maximum absolute atomic E-state index is 13.2. The summed E-state index contributed by atoms with van der Waals surface area (Å²) in [6.07, 6.45) is 1.39. The van der Waals surface area contributed by atoms with Gasteiger partial charge in [-0.15, -0.1) is 0 Å². The van der Waals surface area contributed by atoms with Gasteiger partial charge < -0.3 is 15.4 Å². The summed E-state index contributed by atoms with van der Waals surface area (Å²) in [4.78, 5) is 16.3. The first-order valence-corrected chi connectivity index (χ1v) is 7.69. The summed E-state index contributed by atoms with van der Waals surface area (Å²) < 4.78 is 31.2. The lowest BCUT2D eigenvalue weighted by molar-refractivity contribution is 0.102. The Kier molecular flexibility index (Phi) is 5.07. The molecule has 0 radical (unpaired) electrons. The Morgan fingerprint density at radius 1 is 0.962 bits per heavy atom. The highest BCUT2D eigenvalue weighted by Crippen LogP contribution is 2.19. The average Bonchev–Trinajstić information content (AvgIpc) is 2.66. The fraction of sp³-hybridized carbons (Fsp3) is 0.0526. The number of nitrogens with one attached hydrogen (secondary N) is 2. The second-order valence-corrected chi connectivity index (χ2v) is 5.37. The first kappa shape index (κ1) is 17.3. The van der Waals surface area contributed by atoms with Gasteiger partial charge in [0.15, 0.2) is 11.6 Å². The molecular formula is C19H15F2N3O2. The van der Waals surface area contributed by atoms with Crippen molar-refractivity contribution in [1.29, 1.82) is 0 Å². The minimum atomic E-state index is -0.953. The molecule has 1 heterocycles. The molecule has 0 saturated carbocycles. The molecule has 0 unspecified atom stereocenters. The maximum atomic E-state index is 13.2. The van der Waals surface area contributed by atoms with Crippen molar-refractivity contribution in [2.45, 2.75) is 0 Å². The number of aromatic nitrogens is 1. The Balaban J connectivity index is 1.66. The number of anilines is 3. The fourth-order valence-electron chi connectivity index (χ4n) is 2.20. The molecule has 0 fully saturated rings. The van der Waals surface area contributed by atoms with Crippen molar-refractivity contribution >= 4 is 23.1 Å². The predicted octanol–water partition coefficient (Wildman–Crippen LogP) is 4.36. The molecule has 0 aliphatic carbocycles. The van der Waals surface area contributed by atoms with E-state index in [9.17, 15) is 13.6 Å². The minimum absolute atomic E-state index is 0.318. The Bertz CT molecular complexity index is 913. The molecule has 0 aliphatic heterocycles. The lowest BCUT2D eigenvalue weighted by Gasteiger charge is -2.08. The highest BCUT2D eigenvalue weighted by Gasteiger charge is 2.08. The van der Waals surface area contributed by atoms with Crippen LogP contribution >= 0.6 is 0 Å². The zero-order chi connectivity index (χ0) is 18.5. The summed E-state index contributed by atoms with van der Waals surface area (Å²) >= 11 is 0. The standard InChI is InChI=1S/C19H15F2N3O2/c1-26-15-6-3-13(4-7-15)24-19(25)12-2-9-18(22-11-12)23-14-5-8-16(20)17(21)10-14/h2-11H,1H3,(H,22,23)(H,24,25). The summed E-state index contributed by atoms with van der Waals surface area (Å²) in [5.74, 6) is -1.10. The third-order valence-corrected chi connectivity index (χ3v) is 3.57. The zero-order valence-electron chi connectivity index (χ0n) is 13.8. The molecule has 2 aromatic carbocycles. The summed E-state index contributed by atoms with van der Waals surface area (Å²) in [7, 11) is 1.56. The number of ether oxygens (including phenoxy) is 1. The lowest BCUT2D eigenvalue weighted by atomic mass is 10.2. The quantitative estimate of drug-likeness (QED) is 0.714. The Hall–Kier alpha value is -3.48. The average molecular weight is 355 g/mol. The van der Waals surface area contributed by atoms with Crippen LogP contribution in [0.25, 0.3) is 0 Å². The van der Waals surface area contributed by atoms with Crippen molar-refractivity contribution in [2.24, 2.45) is 0 Å². The number of nitrogens with zero attached hydrogens (tertiary/aromatic N) is 1. The van der Waals surface area contributed by atoms with Crippen molar-refractivity contribution in [3.05, 3.63) is 78.0 Å². The van der Waals surface area contributed by atoms with Crippen LogP contribution in [0.4, 0.5) is 26.0 Å². The molecule has 0 spiro atoms. The Labute approximate surface area is 148 Å². The lowest BCUT2D eigenvalue weighted by Crippen LogP contribution is -2.12. The van der Waals surface area contributed by atoms with Gasteiger partial charge in [-0.1, -0.05) is 0 Å². The van der Waals surface area contributed by atoms with E-state index in [0.29, 0.717) is 28.5 Å². The van der Waals surface area contributed by atoms with Crippen LogP contribution in [0.1, 0.15) is 10.4 Å². The zero-order valence-corrected chi connectivity index (χ0v) is 13.8. The van der Waals surface area contributed by atoms with Crippen LogP contribution in [0.2, 0.25) is 0 Å². The van der Waals surface area contributed by atoms with Crippen LogP contribution in [0.5, 0.6) is 5.75 Å². The van der Waals surface area contributed by atoms with Crippen molar-refractivity contribution < 1.29 is 18.3 Å². The number of methoxy groups -OCH3 is 1. The van der Waals surface area contributed by atoms with Gasteiger partial charge >= 0.3 is 0 Å². The van der Waals surface area contributed by atoms with E-state index in [1.807, 2.05) is 0 Å². The summed E-state index contributed by atoms with van der Waals surface area (Å²) in [6.45, 7) is 0. The molecule has 2 N–H and O–H groups in total. The molecule has 5 nitrogen and oxygen atoms in total. The highest BCUT2D eigenvalue weighted by atomic mass is 19.2. The Morgan fingerprint density at radius 3 is 2.31 bits per heavy atom. The van der Waals surface area contributed by atoms with Crippen LogP contribution in [0.3, 0.4) is 0 Å². The fourth-order valence-corrected chi connectivity index (χ4v) is 2.20. The molecular weight excluding hydrogens is 340 g/mol. The largest absolute Gasteiger partial charge is 0.497 e. The van der Waals surface area contributed by atoms with Gasteiger partial charge in [0.05, 0.1) is 12.7 Å². The summed E-state index contributed by atoms with van der Waals surface area (Å²) in [5, 5.41) is 5.58. The first-order valence-electron chi connectivity index (χ1n) is 7.69. The second kappa shape index (κ2) is 7.60. The van der Waals surface area contributed by atoms with Gasteiger partial charge in [0.1, 0.15) is 11.6 Å². The molecule has 0 bridgehead atoms. The minimum Gasteiger partial charge on any atom is -0.497 e. The van der Waals surface area contributed by atoms with Crippen molar-refractivity contribution in [2.75, 3.05) is 17.7 Å². The molecule has 0 aliphatic rings. The number of amides is 1. The number of carbonyl (C=O) groups is 1. The molecule has 1 amide bonds. The van der Waals surface area contributed by atoms with E-state index in [4.69, 9.17) is 4.74 Å². The van der Waals surface area contributed by atoms with Crippen LogP contribution < -0.4 is 15.4 Å². The van der Waals surface area contributed by atoms with Crippen LogP contribution in [0, 0.1) is 11.6 Å².